The van der Waals surface area contributed by atoms with Crippen LogP contribution >= 0.6 is 0 Å². The summed E-state index contributed by atoms with van der Waals surface area (Å²) < 4.78 is 7.07. The predicted molar refractivity (Wildman–Crippen MR) is 103 cm³/mol. The zero-order valence-electron chi connectivity index (χ0n) is 16.0. The lowest BCUT2D eigenvalue weighted by Crippen LogP contribution is -2.39. The van der Waals surface area contributed by atoms with Crippen molar-refractivity contribution in [3.63, 3.8) is 0 Å². The van der Waals surface area contributed by atoms with Crippen LogP contribution in [0.25, 0.3) is 11.7 Å². The fourth-order valence-electron chi connectivity index (χ4n) is 3.46. The molecule has 0 bridgehead atoms. The molecule has 0 unspecified atom stereocenters. The highest BCUT2D eigenvalue weighted by molar-refractivity contribution is 5.57. The van der Waals surface area contributed by atoms with E-state index in [4.69, 9.17) is 14.7 Å². The molecule has 1 aliphatic heterocycles. The van der Waals surface area contributed by atoms with Crippen LogP contribution in [0, 0.1) is 0 Å². The number of nitrogens with one attached hydrogen (secondary N) is 2. The highest BCUT2D eigenvalue weighted by Crippen LogP contribution is 2.22. The van der Waals surface area contributed by atoms with Gasteiger partial charge in [0, 0.05) is 31.5 Å². The molecule has 29 heavy (non-hydrogen) atoms. The zero-order valence-corrected chi connectivity index (χ0v) is 16.0. The van der Waals surface area contributed by atoms with E-state index in [0.29, 0.717) is 28.5 Å². The van der Waals surface area contributed by atoms with E-state index in [1.807, 2.05) is 7.05 Å². The summed E-state index contributed by atoms with van der Waals surface area (Å²) in [6.45, 7) is 1.45. The maximum atomic E-state index is 11.4. The van der Waals surface area contributed by atoms with Crippen LogP contribution in [0.15, 0.2) is 16.0 Å². The first kappa shape index (κ1) is 17.9. The van der Waals surface area contributed by atoms with Crippen molar-refractivity contribution in [3.05, 3.63) is 33.2 Å². The lowest BCUT2D eigenvalue weighted by molar-refractivity contribution is 0.0852. The Hall–Kier alpha value is -3.21. The summed E-state index contributed by atoms with van der Waals surface area (Å²) in [7, 11) is 1.98. The summed E-state index contributed by atoms with van der Waals surface area (Å²) in [6, 6.07) is 0.566. The lowest BCUT2D eigenvalue weighted by atomic mass is 10.1. The SMILES string of the molecule is CN(c1nc(=NC2CC2)n2ncc(=Cc3[nH]c(=O)[nH]c3O)c2n1)C1CCOCC1. The molecule has 11 nitrogen and oxygen atoms in total. The Morgan fingerprint density at radius 1 is 1.28 bits per heavy atom. The van der Waals surface area contributed by atoms with Crippen molar-refractivity contribution < 1.29 is 9.84 Å². The van der Waals surface area contributed by atoms with E-state index in [0.717, 1.165) is 38.9 Å². The number of rotatable bonds is 4. The fraction of sp³-hybridized carbons (Fsp3) is 0.500. The third kappa shape index (κ3) is 3.48. The number of nitrogens with zero attached hydrogens (tertiary/aromatic N) is 6. The van der Waals surface area contributed by atoms with Gasteiger partial charge in [0.1, 0.15) is 5.69 Å². The summed E-state index contributed by atoms with van der Waals surface area (Å²) in [5.41, 5.74) is 0.861. The second-order valence-electron chi connectivity index (χ2n) is 7.46. The quantitative estimate of drug-likeness (QED) is 0.516. The molecule has 3 N–H and O–H groups in total. The third-order valence-electron chi connectivity index (χ3n) is 5.30. The number of anilines is 1. The summed E-state index contributed by atoms with van der Waals surface area (Å²) in [4.78, 5) is 32.5. The summed E-state index contributed by atoms with van der Waals surface area (Å²) in [5.74, 6) is 0.344. The van der Waals surface area contributed by atoms with Gasteiger partial charge in [-0.2, -0.15) is 19.6 Å². The number of fused-ring (bicyclic) bond motifs is 1. The van der Waals surface area contributed by atoms with E-state index >= 15 is 0 Å². The molecule has 0 spiro atoms. The van der Waals surface area contributed by atoms with Crippen LogP contribution in [0.5, 0.6) is 5.88 Å². The molecule has 1 saturated heterocycles. The maximum Gasteiger partial charge on any atom is 0.326 e. The first-order chi connectivity index (χ1) is 14.1. The number of hydrogen-bond acceptors (Lipinski definition) is 8. The molecule has 11 heteroatoms. The number of ether oxygens (including phenoxy) is 1. The largest absolute Gasteiger partial charge is 0.493 e. The van der Waals surface area contributed by atoms with Crippen molar-refractivity contribution >= 4 is 17.7 Å². The van der Waals surface area contributed by atoms with Crippen LogP contribution < -0.4 is 21.4 Å². The predicted octanol–water partition coefficient (Wildman–Crippen LogP) is -0.928. The van der Waals surface area contributed by atoms with Crippen LogP contribution in [0.2, 0.25) is 0 Å². The molecule has 1 saturated carbocycles. The van der Waals surface area contributed by atoms with E-state index < -0.39 is 5.69 Å². The van der Waals surface area contributed by atoms with Gasteiger partial charge in [0.25, 0.3) is 5.62 Å². The van der Waals surface area contributed by atoms with Gasteiger partial charge < -0.3 is 19.7 Å². The van der Waals surface area contributed by atoms with Crippen molar-refractivity contribution in [2.45, 2.75) is 37.8 Å². The molecule has 4 heterocycles. The number of hydrogen-bond donors (Lipinski definition) is 3. The molecule has 1 aliphatic carbocycles. The van der Waals surface area contributed by atoms with E-state index in [1.54, 1.807) is 16.8 Å². The number of aromatic amines is 2. The van der Waals surface area contributed by atoms with E-state index in [-0.39, 0.29) is 17.6 Å². The average molecular weight is 398 g/mol. The highest BCUT2D eigenvalue weighted by Gasteiger charge is 2.23. The average Bonchev–Trinajstić information content (AvgIpc) is 3.36. The van der Waals surface area contributed by atoms with Crippen molar-refractivity contribution in [2.75, 3.05) is 25.2 Å². The molecule has 0 atom stereocenters. The smallest absolute Gasteiger partial charge is 0.326 e. The molecule has 0 radical (unpaired) electrons. The third-order valence-corrected chi connectivity index (χ3v) is 5.30. The summed E-state index contributed by atoms with van der Waals surface area (Å²) in [5, 5.41) is 14.9. The number of H-pyrrole nitrogens is 2. The van der Waals surface area contributed by atoms with Crippen LogP contribution in [-0.2, 0) is 4.74 Å². The second-order valence-corrected chi connectivity index (χ2v) is 7.46. The molecular weight excluding hydrogens is 376 g/mol. The highest BCUT2D eigenvalue weighted by atomic mass is 16.5. The summed E-state index contributed by atoms with van der Waals surface area (Å²) >= 11 is 0. The van der Waals surface area contributed by atoms with E-state index in [1.165, 1.54) is 0 Å². The molecule has 0 aromatic carbocycles. The van der Waals surface area contributed by atoms with E-state index in [2.05, 4.69) is 25.0 Å². The van der Waals surface area contributed by atoms with Gasteiger partial charge in [-0.3, -0.25) is 4.98 Å². The maximum absolute atomic E-state index is 11.4. The van der Waals surface area contributed by atoms with E-state index in [9.17, 15) is 9.90 Å². The topological polar surface area (TPSA) is 137 Å². The molecule has 0 amide bonds. The zero-order chi connectivity index (χ0) is 20.0. The summed E-state index contributed by atoms with van der Waals surface area (Å²) in [6.07, 6.45) is 7.18. The van der Waals surface area contributed by atoms with Gasteiger partial charge in [-0.15, -0.1) is 0 Å². The Bertz CT molecular complexity index is 1220. The van der Waals surface area contributed by atoms with Crippen LogP contribution in [-0.4, -0.2) is 67.0 Å². The van der Waals surface area contributed by atoms with Gasteiger partial charge in [0.15, 0.2) is 5.65 Å². The second kappa shape index (κ2) is 6.99. The van der Waals surface area contributed by atoms with Gasteiger partial charge in [-0.25, -0.2) is 9.79 Å². The van der Waals surface area contributed by atoms with Gasteiger partial charge in [-0.1, -0.05) is 0 Å². The minimum absolute atomic E-state index is 0.231. The van der Waals surface area contributed by atoms with Crippen molar-refractivity contribution in [1.29, 1.82) is 0 Å². The van der Waals surface area contributed by atoms with Gasteiger partial charge in [0.2, 0.25) is 11.8 Å². The van der Waals surface area contributed by atoms with Gasteiger partial charge >= 0.3 is 5.69 Å². The van der Waals surface area contributed by atoms with Crippen molar-refractivity contribution in [3.8, 4) is 5.88 Å². The standard InChI is InChI=1S/C18H22N8O3/c1-25(12-4-6-29-7-5-12)16-22-14-10(8-13-15(27)23-18(28)21-13)9-19-26(14)17(24-16)20-11-2-3-11/h8-9,11-12,27H,2-7H2,1H3,(H2,21,23,28). The van der Waals surface area contributed by atoms with Gasteiger partial charge in [-0.05, 0) is 31.8 Å². The fourth-order valence-corrected chi connectivity index (χ4v) is 3.46. The van der Waals surface area contributed by atoms with Crippen LogP contribution in [0.3, 0.4) is 0 Å². The Kier molecular flexibility index (Phi) is 4.31. The molecule has 2 fully saturated rings. The van der Waals surface area contributed by atoms with Crippen molar-refractivity contribution in [1.82, 2.24) is 29.5 Å². The van der Waals surface area contributed by atoms with Gasteiger partial charge in [0.05, 0.1) is 12.2 Å². The first-order valence-corrected chi connectivity index (χ1v) is 9.71. The van der Waals surface area contributed by atoms with Crippen molar-refractivity contribution in [2.24, 2.45) is 4.99 Å². The first-order valence-electron chi connectivity index (χ1n) is 9.71. The molecule has 152 valence electrons. The Balaban J connectivity index is 1.66. The normalized spacial score (nSPS) is 19.3. The minimum atomic E-state index is -0.482. The molecule has 3 aromatic heterocycles. The van der Waals surface area contributed by atoms with Crippen LogP contribution in [0.4, 0.5) is 5.95 Å². The molecule has 2 aliphatic rings. The molecule has 3 aromatic rings. The number of aromatic nitrogens is 6. The monoisotopic (exact) mass is 398 g/mol. The Labute approximate surface area is 164 Å². The Morgan fingerprint density at radius 2 is 2.07 bits per heavy atom. The molecular formula is C18H22N8O3. The number of imidazole rings is 1. The minimum Gasteiger partial charge on any atom is -0.493 e. The van der Waals surface area contributed by atoms with Crippen LogP contribution in [0.1, 0.15) is 31.4 Å². The Morgan fingerprint density at radius 3 is 2.76 bits per heavy atom. The molecule has 5 rings (SSSR count). The number of aromatic hydroxyl groups is 1. The lowest BCUT2D eigenvalue weighted by Gasteiger charge is -2.31.